The maximum absolute atomic E-state index is 2.38. The van der Waals surface area contributed by atoms with Crippen molar-refractivity contribution in [1.82, 2.24) is 0 Å². The van der Waals surface area contributed by atoms with Gasteiger partial charge >= 0.3 is 0 Å². The van der Waals surface area contributed by atoms with Crippen molar-refractivity contribution < 1.29 is 4.70 Å². The number of benzene rings is 1. The van der Waals surface area contributed by atoms with Gasteiger partial charge in [0.25, 0.3) is 0 Å². The second kappa shape index (κ2) is 4.57. The van der Waals surface area contributed by atoms with Crippen LogP contribution in [0, 0.1) is 0 Å². The van der Waals surface area contributed by atoms with Crippen molar-refractivity contribution in [3.05, 3.63) is 35.9 Å². The molecule has 0 saturated carbocycles. The van der Waals surface area contributed by atoms with Gasteiger partial charge in [0.05, 0.1) is 6.16 Å². The first kappa shape index (κ1) is 11.6. The maximum Gasteiger partial charge on any atom is 0.0834 e. The highest BCUT2D eigenvalue weighted by molar-refractivity contribution is 7.72. The Morgan fingerprint density at radius 2 is 1.50 bits per heavy atom. The Morgan fingerprint density at radius 1 is 1.00 bits per heavy atom. The van der Waals surface area contributed by atoms with Crippen LogP contribution in [0.4, 0.5) is 0 Å². The summed E-state index contributed by atoms with van der Waals surface area (Å²) in [7, 11) is -0.638. The van der Waals surface area contributed by atoms with E-state index in [0.717, 1.165) is 0 Å². The van der Waals surface area contributed by atoms with Crippen LogP contribution in [-0.2, 0) is 6.16 Å². The maximum atomic E-state index is 2.38. The van der Waals surface area contributed by atoms with Gasteiger partial charge in [0.1, 0.15) is 0 Å². The van der Waals surface area contributed by atoms with Crippen LogP contribution >= 0.6 is 7.26 Å². The molecule has 0 atom stereocenters. The van der Waals surface area contributed by atoms with Gasteiger partial charge in [-0.1, -0.05) is 30.3 Å². The van der Waals surface area contributed by atoms with Crippen LogP contribution in [0.2, 0.25) is 0 Å². The van der Waals surface area contributed by atoms with Crippen LogP contribution in [0.5, 0.6) is 0 Å². The molecule has 0 spiro atoms. The molecule has 1 aromatic rings. The van der Waals surface area contributed by atoms with Gasteiger partial charge in [-0.3, -0.25) is 0 Å². The molecule has 0 aromatic heterocycles. The zero-order valence-corrected chi connectivity index (χ0v) is 8.81. The van der Waals surface area contributed by atoms with E-state index in [1.54, 1.807) is 0 Å². The van der Waals surface area contributed by atoms with E-state index < -0.39 is 7.26 Å². The molecule has 1 aromatic carbocycles. The highest BCUT2D eigenvalue weighted by atomic mass is 31.2. The van der Waals surface area contributed by atoms with Gasteiger partial charge in [0.2, 0.25) is 0 Å². The van der Waals surface area contributed by atoms with Crippen molar-refractivity contribution in [1.29, 1.82) is 0 Å². The Morgan fingerprint density at radius 3 is 1.92 bits per heavy atom. The monoisotopic (exact) mass is 186 g/mol. The lowest BCUT2D eigenvalue weighted by molar-refractivity contribution is -0.00000262. The third kappa shape index (κ3) is 4.46. The van der Waals surface area contributed by atoms with E-state index in [9.17, 15) is 0 Å². The van der Waals surface area contributed by atoms with Gasteiger partial charge in [-0.2, -0.15) is 0 Å². The standard InChI is InChI=1S/C10H16P.FH/c1-11(2,3)9-10-7-5-4-6-8-10;/h4-8H,9H2,1-3H3;1H/q+1;/p-1. The molecule has 0 aliphatic carbocycles. The summed E-state index contributed by atoms with van der Waals surface area (Å²) in [5.41, 5.74) is 1.48. The SMILES string of the molecule is C[P+](C)(C)Cc1ccccc1.[F-]. The van der Waals surface area contributed by atoms with Crippen molar-refractivity contribution in [2.24, 2.45) is 0 Å². The van der Waals surface area contributed by atoms with Crippen molar-refractivity contribution in [2.75, 3.05) is 20.0 Å². The van der Waals surface area contributed by atoms with Crippen molar-refractivity contribution >= 4 is 7.26 Å². The van der Waals surface area contributed by atoms with Crippen molar-refractivity contribution in [3.8, 4) is 0 Å². The minimum atomic E-state index is -0.638. The highest BCUT2D eigenvalue weighted by Gasteiger charge is 2.16. The molecule has 68 valence electrons. The molecule has 0 saturated heterocycles. The van der Waals surface area contributed by atoms with E-state index in [1.165, 1.54) is 11.7 Å². The van der Waals surface area contributed by atoms with Crippen LogP contribution in [-0.4, -0.2) is 20.0 Å². The Balaban J connectivity index is 0.00000121. The second-order valence-corrected chi connectivity index (χ2v) is 8.83. The van der Waals surface area contributed by atoms with Crippen molar-refractivity contribution in [2.45, 2.75) is 6.16 Å². The predicted molar refractivity (Wildman–Crippen MR) is 54.8 cm³/mol. The molecule has 0 amide bonds. The average molecular weight is 186 g/mol. The second-order valence-electron chi connectivity index (χ2n) is 3.93. The summed E-state index contributed by atoms with van der Waals surface area (Å²) >= 11 is 0. The Bertz CT molecular complexity index is 213. The zero-order chi connectivity index (χ0) is 8.32. The molecule has 0 heterocycles. The van der Waals surface area contributed by atoms with Crippen molar-refractivity contribution in [3.63, 3.8) is 0 Å². The molecule has 0 aliphatic heterocycles. The van der Waals surface area contributed by atoms with E-state index in [2.05, 4.69) is 50.3 Å². The average Bonchev–Trinajstić information content (AvgIpc) is 1.85. The molecular formula is C10H16FP. The largest absolute Gasteiger partial charge is 1.00 e. The summed E-state index contributed by atoms with van der Waals surface area (Å²) < 4.78 is 0. The number of hydrogen-bond acceptors (Lipinski definition) is 0. The first-order valence-corrected chi connectivity index (χ1v) is 7.24. The van der Waals surface area contributed by atoms with E-state index in [-0.39, 0.29) is 4.70 Å². The van der Waals surface area contributed by atoms with Gasteiger partial charge in [0, 0.05) is 27.3 Å². The summed E-state index contributed by atoms with van der Waals surface area (Å²) in [4.78, 5) is 0. The van der Waals surface area contributed by atoms with E-state index >= 15 is 0 Å². The van der Waals surface area contributed by atoms with Crippen LogP contribution in [0.25, 0.3) is 0 Å². The van der Waals surface area contributed by atoms with E-state index in [1.807, 2.05) is 0 Å². The lowest BCUT2D eigenvalue weighted by atomic mass is 10.2. The molecule has 2 heteroatoms. The zero-order valence-electron chi connectivity index (χ0n) is 7.92. The molecule has 0 N–H and O–H groups in total. The van der Waals surface area contributed by atoms with Gasteiger partial charge < -0.3 is 4.70 Å². The van der Waals surface area contributed by atoms with Gasteiger partial charge in [0.15, 0.2) is 0 Å². The summed E-state index contributed by atoms with van der Waals surface area (Å²) in [5, 5.41) is 0. The fourth-order valence-corrected chi connectivity index (χ4v) is 2.44. The Kier molecular flexibility index (Phi) is 4.41. The van der Waals surface area contributed by atoms with Crippen LogP contribution in [0.15, 0.2) is 30.3 Å². The molecule has 12 heavy (non-hydrogen) atoms. The van der Waals surface area contributed by atoms with Gasteiger partial charge in [-0.25, -0.2) is 0 Å². The normalized spacial score (nSPS) is 10.6. The van der Waals surface area contributed by atoms with Gasteiger partial charge in [-0.15, -0.1) is 0 Å². The first-order chi connectivity index (χ1) is 5.08. The summed E-state index contributed by atoms with van der Waals surface area (Å²) in [6.45, 7) is 7.12. The minimum Gasteiger partial charge on any atom is -1.00 e. The topological polar surface area (TPSA) is 0 Å². The molecule has 0 fully saturated rings. The molecule has 0 nitrogen and oxygen atoms in total. The summed E-state index contributed by atoms with van der Waals surface area (Å²) in [6.07, 6.45) is 1.27. The molecule has 1 rings (SSSR count). The van der Waals surface area contributed by atoms with Crippen LogP contribution in [0.1, 0.15) is 5.56 Å². The minimum absolute atomic E-state index is 0. The molecule has 0 bridgehead atoms. The fourth-order valence-electron chi connectivity index (χ4n) is 1.13. The fraction of sp³-hybridized carbons (Fsp3) is 0.400. The lowest BCUT2D eigenvalue weighted by Crippen LogP contribution is -3.00. The Hall–Kier alpha value is -0.420. The number of rotatable bonds is 2. The molecule has 0 aliphatic rings. The third-order valence-electron chi connectivity index (χ3n) is 1.50. The molecule has 0 unspecified atom stereocenters. The van der Waals surface area contributed by atoms with E-state index in [4.69, 9.17) is 0 Å². The van der Waals surface area contributed by atoms with Gasteiger partial charge in [-0.05, 0) is 5.56 Å². The van der Waals surface area contributed by atoms with E-state index in [0.29, 0.717) is 0 Å². The summed E-state index contributed by atoms with van der Waals surface area (Å²) in [6, 6.07) is 10.7. The molecular weight excluding hydrogens is 170 g/mol. The van der Waals surface area contributed by atoms with Crippen LogP contribution in [0.3, 0.4) is 0 Å². The number of halogens is 1. The predicted octanol–water partition coefficient (Wildman–Crippen LogP) is 0.0976. The number of hydrogen-bond donors (Lipinski definition) is 0. The first-order valence-electron chi connectivity index (χ1n) is 3.92. The summed E-state index contributed by atoms with van der Waals surface area (Å²) in [5.74, 6) is 0. The van der Waals surface area contributed by atoms with Crippen LogP contribution < -0.4 is 4.70 Å². The molecule has 0 radical (unpaired) electrons. The highest BCUT2D eigenvalue weighted by Crippen LogP contribution is 2.49. The lowest BCUT2D eigenvalue weighted by Gasteiger charge is -2.10. The third-order valence-corrected chi connectivity index (χ3v) is 2.81. The quantitative estimate of drug-likeness (QED) is 0.575. The Labute approximate surface area is 74.7 Å². The smallest absolute Gasteiger partial charge is 0.0834 e.